The van der Waals surface area contributed by atoms with Crippen molar-refractivity contribution in [2.75, 3.05) is 27.2 Å². The Labute approximate surface area is 122 Å². The van der Waals surface area contributed by atoms with Gasteiger partial charge in [-0.25, -0.2) is 12.7 Å². The van der Waals surface area contributed by atoms with Crippen LogP contribution in [0.25, 0.3) is 0 Å². The molecule has 6 nitrogen and oxygen atoms in total. The van der Waals surface area contributed by atoms with Gasteiger partial charge in [-0.15, -0.1) is 0 Å². The average molecular weight is 302 g/mol. The Morgan fingerprint density at radius 1 is 1.45 bits per heavy atom. The van der Waals surface area contributed by atoms with Gasteiger partial charge in [-0.1, -0.05) is 13.8 Å². The minimum Gasteiger partial charge on any atom is -0.320 e. The molecule has 7 heteroatoms. The second kappa shape index (κ2) is 7.75. The number of aryl methyl sites for hydroxylation is 1. The Morgan fingerprint density at radius 3 is 2.75 bits per heavy atom. The van der Waals surface area contributed by atoms with E-state index >= 15 is 0 Å². The van der Waals surface area contributed by atoms with Crippen molar-refractivity contribution in [3.05, 3.63) is 12.4 Å². The van der Waals surface area contributed by atoms with Crippen LogP contribution in [0.5, 0.6) is 0 Å². The fourth-order valence-corrected chi connectivity index (χ4v) is 2.90. The number of nitrogens with one attached hydrogen (secondary N) is 1. The van der Waals surface area contributed by atoms with Gasteiger partial charge < -0.3 is 5.32 Å². The minimum absolute atomic E-state index is 0.271. The number of nitrogens with zero attached hydrogens (tertiary/aromatic N) is 3. The van der Waals surface area contributed by atoms with Crippen LogP contribution in [0.2, 0.25) is 0 Å². The van der Waals surface area contributed by atoms with Crippen molar-refractivity contribution in [3.63, 3.8) is 0 Å². The summed E-state index contributed by atoms with van der Waals surface area (Å²) in [7, 11) is 0.103. The van der Waals surface area contributed by atoms with Crippen LogP contribution in [0, 0.1) is 5.92 Å². The summed E-state index contributed by atoms with van der Waals surface area (Å²) in [5, 5.41) is 7.17. The lowest BCUT2D eigenvalue weighted by molar-refractivity contribution is 0.428. The molecule has 0 saturated carbocycles. The Kier molecular flexibility index (Phi) is 6.64. The molecule has 0 saturated heterocycles. The van der Waals surface area contributed by atoms with E-state index in [0.29, 0.717) is 19.0 Å². The maximum absolute atomic E-state index is 12.3. The van der Waals surface area contributed by atoms with Crippen molar-refractivity contribution >= 4 is 10.0 Å². The quantitative estimate of drug-likeness (QED) is 0.695. The second-order valence-electron chi connectivity index (χ2n) is 5.41. The van der Waals surface area contributed by atoms with Gasteiger partial charge in [0.15, 0.2) is 0 Å². The lowest BCUT2D eigenvalue weighted by atomic mass is 10.1. The SMILES string of the molecule is CNCCCn1cc(S(=O)(=O)N(C)CCC(C)C)cn1. The number of sulfonamides is 1. The Morgan fingerprint density at radius 2 is 2.15 bits per heavy atom. The summed E-state index contributed by atoms with van der Waals surface area (Å²) in [6, 6.07) is 0. The van der Waals surface area contributed by atoms with Gasteiger partial charge in [-0.05, 0) is 32.4 Å². The van der Waals surface area contributed by atoms with Crippen molar-refractivity contribution in [2.45, 2.75) is 38.1 Å². The monoisotopic (exact) mass is 302 g/mol. The molecule has 0 bridgehead atoms. The molecule has 1 heterocycles. The number of rotatable bonds is 9. The highest BCUT2D eigenvalue weighted by Crippen LogP contribution is 2.14. The highest BCUT2D eigenvalue weighted by atomic mass is 32.2. The van der Waals surface area contributed by atoms with Crippen molar-refractivity contribution in [3.8, 4) is 0 Å². The molecule has 0 atom stereocenters. The van der Waals surface area contributed by atoms with Crippen LogP contribution < -0.4 is 5.32 Å². The Hall–Kier alpha value is -0.920. The summed E-state index contributed by atoms with van der Waals surface area (Å²) in [5.41, 5.74) is 0. The summed E-state index contributed by atoms with van der Waals surface area (Å²) in [6.45, 7) is 6.30. The van der Waals surface area contributed by atoms with E-state index in [-0.39, 0.29) is 4.90 Å². The van der Waals surface area contributed by atoms with Gasteiger partial charge in [0.1, 0.15) is 4.90 Å². The van der Waals surface area contributed by atoms with Crippen LogP contribution in [-0.2, 0) is 16.6 Å². The van der Waals surface area contributed by atoms with Gasteiger partial charge >= 0.3 is 0 Å². The predicted molar refractivity (Wildman–Crippen MR) is 80.0 cm³/mol. The normalized spacial score (nSPS) is 12.5. The summed E-state index contributed by atoms with van der Waals surface area (Å²) in [4.78, 5) is 0.271. The molecule has 0 aliphatic heterocycles. The molecule has 0 amide bonds. The molecule has 0 spiro atoms. The zero-order valence-electron chi connectivity index (χ0n) is 12.8. The molecule has 116 valence electrons. The number of hydrogen-bond donors (Lipinski definition) is 1. The highest BCUT2D eigenvalue weighted by molar-refractivity contribution is 7.89. The summed E-state index contributed by atoms with van der Waals surface area (Å²) < 4.78 is 27.8. The molecule has 0 aliphatic rings. The van der Waals surface area contributed by atoms with Crippen LogP contribution in [0.3, 0.4) is 0 Å². The first-order chi connectivity index (χ1) is 9.37. The molecule has 0 aliphatic carbocycles. The van der Waals surface area contributed by atoms with Gasteiger partial charge in [0.25, 0.3) is 0 Å². The van der Waals surface area contributed by atoms with E-state index in [1.807, 2.05) is 7.05 Å². The number of hydrogen-bond acceptors (Lipinski definition) is 4. The highest BCUT2D eigenvalue weighted by Gasteiger charge is 2.22. The zero-order valence-corrected chi connectivity index (χ0v) is 13.7. The van der Waals surface area contributed by atoms with E-state index in [2.05, 4.69) is 24.3 Å². The summed E-state index contributed by atoms with van der Waals surface area (Å²) >= 11 is 0. The predicted octanol–water partition coefficient (Wildman–Crippen LogP) is 1.16. The van der Waals surface area contributed by atoms with Gasteiger partial charge in [0, 0.05) is 26.3 Å². The van der Waals surface area contributed by atoms with Gasteiger partial charge in [-0.3, -0.25) is 4.68 Å². The Balaban J connectivity index is 2.67. The Bertz CT molecular complexity index is 496. The first kappa shape index (κ1) is 17.1. The fourth-order valence-electron chi connectivity index (χ4n) is 1.76. The van der Waals surface area contributed by atoms with E-state index in [0.717, 1.165) is 19.4 Å². The smallest absolute Gasteiger partial charge is 0.245 e. The molecule has 0 fully saturated rings. The topological polar surface area (TPSA) is 67.2 Å². The van der Waals surface area contributed by atoms with Crippen molar-refractivity contribution in [1.29, 1.82) is 0 Å². The third-order valence-corrected chi connectivity index (χ3v) is 4.96. The molecule has 0 aromatic carbocycles. The third kappa shape index (κ3) is 4.88. The standard InChI is InChI=1S/C13H26N4O2S/c1-12(2)6-9-16(4)20(18,19)13-10-15-17(11-13)8-5-7-14-3/h10-12,14H,5-9H2,1-4H3. The van der Waals surface area contributed by atoms with Gasteiger partial charge in [-0.2, -0.15) is 5.10 Å². The lowest BCUT2D eigenvalue weighted by Crippen LogP contribution is -2.28. The molecule has 0 radical (unpaired) electrons. The van der Waals surface area contributed by atoms with Crippen molar-refractivity contribution in [2.24, 2.45) is 5.92 Å². The van der Waals surface area contributed by atoms with Crippen molar-refractivity contribution < 1.29 is 8.42 Å². The molecule has 1 rings (SSSR count). The van der Waals surface area contributed by atoms with Crippen LogP contribution in [0.15, 0.2) is 17.3 Å². The van der Waals surface area contributed by atoms with Gasteiger partial charge in [0.05, 0.1) is 6.20 Å². The molecule has 1 aromatic rings. The fraction of sp³-hybridized carbons (Fsp3) is 0.769. The molecular formula is C13H26N4O2S. The molecule has 1 aromatic heterocycles. The first-order valence-corrected chi connectivity index (χ1v) is 8.45. The molecule has 0 unspecified atom stereocenters. The number of aromatic nitrogens is 2. The van der Waals surface area contributed by atoms with Crippen molar-refractivity contribution in [1.82, 2.24) is 19.4 Å². The van der Waals surface area contributed by atoms with E-state index in [1.54, 1.807) is 17.9 Å². The van der Waals surface area contributed by atoms with Gasteiger partial charge in [0.2, 0.25) is 10.0 Å². The van der Waals surface area contributed by atoms with E-state index in [4.69, 9.17) is 0 Å². The van der Waals surface area contributed by atoms with Crippen LogP contribution in [0.1, 0.15) is 26.7 Å². The largest absolute Gasteiger partial charge is 0.320 e. The van der Waals surface area contributed by atoms with Crippen LogP contribution in [0.4, 0.5) is 0 Å². The molecule has 1 N–H and O–H groups in total. The first-order valence-electron chi connectivity index (χ1n) is 7.01. The second-order valence-corrected chi connectivity index (χ2v) is 7.45. The summed E-state index contributed by atoms with van der Waals surface area (Å²) in [5.74, 6) is 0.483. The van der Waals surface area contributed by atoms with E-state index < -0.39 is 10.0 Å². The maximum Gasteiger partial charge on any atom is 0.245 e. The zero-order chi connectivity index (χ0) is 15.2. The maximum atomic E-state index is 12.3. The molecular weight excluding hydrogens is 276 g/mol. The average Bonchev–Trinajstić information content (AvgIpc) is 2.85. The van der Waals surface area contributed by atoms with Crippen LogP contribution in [-0.4, -0.2) is 49.7 Å². The lowest BCUT2D eigenvalue weighted by Gasteiger charge is -2.16. The minimum atomic E-state index is -3.41. The third-order valence-electron chi connectivity index (χ3n) is 3.15. The van der Waals surface area contributed by atoms with Crippen LogP contribution >= 0.6 is 0 Å². The summed E-state index contributed by atoms with van der Waals surface area (Å²) in [6.07, 6.45) is 4.81. The van der Waals surface area contributed by atoms with E-state index in [9.17, 15) is 8.42 Å². The molecule has 20 heavy (non-hydrogen) atoms. The van der Waals surface area contributed by atoms with E-state index in [1.165, 1.54) is 10.5 Å².